The molecule has 3 aromatic rings. The first-order valence-corrected chi connectivity index (χ1v) is 11.1. The Morgan fingerprint density at radius 2 is 1.97 bits per heavy atom. The maximum absolute atomic E-state index is 14.6. The van der Waals surface area contributed by atoms with E-state index in [9.17, 15) is 18.7 Å². The van der Waals surface area contributed by atoms with Gasteiger partial charge < -0.3 is 10.8 Å². The summed E-state index contributed by atoms with van der Waals surface area (Å²) in [5.74, 6) is -1.53. The van der Waals surface area contributed by atoms with Crippen LogP contribution in [0.15, 0.2) is 48.8 Å². The smallest absolute Gasteiger partial charge is 0.185 e. The van der Waals surface area contributed by atoms with Crippen molar-refractivity contribution in [2.45, 2.75) is 51.2 Å². The number of hydrogen-bond acceptors (Lipinski definition) is 5. The first-order valence-electron chi connectivity index (χ1n) is 11.1. The highest BCUT2D eigenvalue weighted by Crippen LogP contribution is 2.37. The number of nitrogens with zero attached hydrogens (tertiary/aromatic N) is 2. The van der Waals surface area contributed by atoms with E-state index >= 15 is 0 Å². The van der Waals surface area contributed by atoms with Gasteiger partial charge in [-0.2, -0.15) is 0 Å². The molecule has 7 heteroatoms. The monoisotopic (exact) mass is 451 g/mol. The summed E-state index contributed by atoms with van der Waals surface area (Å²) in [6.07, 6.45) is 4.25. The van der Waals surface area contributed by atoms with Gasteiger partial charge in [-0.15, -0.1) is 0 Å². The van der Waals surface area contributed by atoms with E-state index in [1.807, 2.05) is 13.0 Å². The first kappa shape index (κ1) is 23.1. The fourth-order valence-corrected chi connectivity index (χ4v) is 4.70. The normalized spacial score (nSPS) is 22.8. The van der Waals surface area contributed by atoms with Gasteiger partial charge in [0.25, 0.3) is 0 Å². The Labute approximate surface area is 191 Å². The topological polar surface area (TPSA) is 89.1 Å². The number of benzene rings is 1. The molecule has 172 valence electrons. The van der Waals surface area contributed by atoms with Gasteiger partial charge in [0.05, 0.1) is 17.4 Å². The summed E-state index contributed by atoms with van der Waals surface area (Å²) in [7, 11) is 0. The standard InChI is InChI=1S/C26H27F2N3O2/c1-14-6-7-19(27)24(25(14)28)22-5-3-4-21(31-22)23(32)12-17-13-30-9-8-18(17)16-10-15(2)26(33)20(29)11-16/h3-9,13,15-16,20,26,33H,10-12,29H2,1-2H3/t15-,16+,20+,26+/m0/s1. The molecule has 0 amide bonds. The predicted molar refractivity (Wildman–Crippen MR) is 122 cm³/mol. The van der Waals surface area contributed by atoms with Crippen LogP contribution in [0.4, 0.5) is 8.78 Å². The van der Waals surface area contributed by atoms with Crippen LogP contribution in [0.2, 0.25) is 0 Å². The Balaban J connectivity index is 1.61. The molecule has 0 saturated heterocycles. The second-order valence-electron chi connectivity index (χ2n) is 8.94. The van der Waals surface area contributed by atoms with Crippen molar-refractivity contribution < 1.29 is 18.7 Å². The lowest BCUT2D eigenvalue weighted by Crippen LogP contribution is -2.44. The number of nitrogens with two attached hydrogens (primary N) is 1. The lowest BCUT2D eigenvalue weighted by atomic mass is 9.74. The minimum atomic E-state index is -0.727. The Morgan fingerprint density at radius 1 is 1.18 bits per heavy atom. The highest BCUT2D eigenvalue weighted by Gasteiger charge is 2.34. The molecule has 33 heavy (non-hydrogen) atoms. The lowest BCUT2D eigenvalue weighted by molar-refractivity contribution is 0.0519. The summed E-state index contributed by atoms with van der Waals surface area (Å²) < 4.78 is 28.9. The second kappa shape index (κ2) is 9.45. The molecule has 0 radical (unpaired) electrons. The number of carbonyl (C=O) groups excluding carboxylic acids is 1. The van der Waals surface area contributed by atoms with Gasteiger partial charge >= 0.3 is 0 Å². The predicted octanol–water partition coefficient (Wildman–Crippen LogP) is 4.36. The van der Waals surface area contributed by atoms with Gasteiger partial charge in [0.2, 0.25) is 0 Å². The van der Waals surface area contributed by atoms with Crippen molar-refractivity contribution in [1.82, 2.24) is 9.97 Å². The van der Waals surface area contributed by atoms with Crippen LogP contribution in [0.1, 0.15) is 52.9 Å². The van der Waals surface area contributed by atoms with Crippen molar-refractivity contribution in [3.63, 3.8) is 0 Å². The molecule has 3 N–H and O–H groups in total. The highest BCUT2D eigenvalue weighted by molar-refractivity contribution is 5.96. The van der Waals surface area contributed by atoms with Crippen LogP contribution >= 0.6 is 0 Å². The number of carbonyl (C=O) groups is 1. The maximum Gasteiger partial charge on any atom is 0.185 e. The molecule has 0 aliphatic heterocycles. The van der Waals surface area contributed by atoms with Crippen LogP contribution in [0.3, 0.4) is 0 Å². The fourth-order valence-electron chi connectivity index (χ4n) is 4.70. The van der Waals surface area contributed by atoms with E-state index < -0.39 is 17.7 Å². The molecule has 1 saturated carbocycles. The van der Waals surface area contributed by atoms with Gasteiger partial charge in [0.15, 0.2) is 5.78 Å². The van der Waals surface area contributed by atoms with E-state index in [-0.39, 0.29) is 47.0 Å². The largest absolute Gasteiger partial charge is 0.391 e. The summed E-state index contributed by atoms with van der Waals surface area (Å²) in [5.41, 5.74) is 8.16. The Hall–Kier alpha value is -3.03. The van der Waals surface area contributed by atoms with Crippen LogP contribution in [0.25, 0.3) is 11.3 Å². The molecule has 1 aliphatic carbocycles. The number of ketones is 1. The molecule has 4 atom stereocenters. The zero-order valence-electron chi connectivity index (χ0n) is 18.6. The zero-order chi connectivity index (χ0) is 23.7. The van der Waals surface area contributed by atoms with Gasteiger partial charge in [-0.3, -0.25) is 9.78 Å². The second-order valence-corrected chi connectivity index (χ2v) is 8.94. The van der Waals surface area contributed by atoms with E-state index in [4.69, 9.17) is 5.73 Å². The summed E-state index contributed by atoms with van der Waals surface area (Å²) in [4.78, 5) is 21.6. The first-order chi connectivity index (χ1) is 15.8. The van der Waals surface area contributed by atoms with Crippen molar-refractivity contribution in [2.24, 2.45) is 11.7 Å². The fraction of sp³-hybridized carbons (Fsp3) is 0.346. The minimum absolute atomic E-state index is 0.0490. The Morgan fingerprint density at radius 3 is 2.73 bits per heavy atom. The average Bonchev–Trinajstić information content (AvgIpc) is 2.80. The molecule has 1 aliphatic rings. The highest BCUT2D eigenvalue weighted by atomic mass is 19.1. The molecule has 2 aromatic heterocycles. The molecular formula is C26H27F2N3O2. The van der Waals surface area contributed by atoms with Crippen molar-refractivity contribution in [3.05, 3.63) is 82.8 Å². The molecule has 2 heterocycles. The summed E-state index contributed by atoms with van der Waals surface area (Å²) in [6.45, 7) is 3.52. The number of hydrogen-bond donors (Lipinski definition) is 2. The van der Waals surface area contributed by atoms with Gasteiger partial charge in [-0.25, -0.2) is 13.8 Å². The number of aliphatic hydroxyl groups is 1. The van der Waals surface area contributed by atoms with Crippen LogP contribution in [-0.4, -0.2) is 33.0 Å². The number of Topliss-reactive ketones (excluding diaryl/α,β-unsaturated/α-hetero) is 1. The van der Waals surface area contributed by atoms with E-state index in [2.05, 4.69) is 9.97 Å². The van der Waals surface area contributed by atoms with Crippen LogP contribution in [0.5, 0.6) is 0 Å². The lowest BCUT2D eigenvalue weighted by Gasteiger charge is -2.36. The minimum Gasteiger partial charge on any atom is -0.391 e. The Bertz CT molecular complexity index is 1170. The van der Waals surface area contributed by atoms with E-state index in [0.29, 0.717) is 12.0 Å². The van der Waals surface area contributed by atoms with Gasteiger partial charge in [0.1, 0.15) is 17.3 Å². The SMILES string of the molecule is Cc1ccc(F)c(-c2cccc(C(=O)Cc3cnccc3[C@H]3C[C@@H](N)[C@H](O)[C@@H](C)C3)n2)c1F. The number of aromatic nitrogens is 2. The van der Waals surface area contributed by atoms with Gasteiger partial charge in [-0.1, -0.05) is 19.1 Å². The van der Waals surface area contributed by atoms with Gasteiger partial charge in [-0.05, 0) is 72.6 Å². The maximum atomic E-state index is 14.6. The zero-order valence-corrected chi connectivity index (χ0v) is 18.6. The van der Waals surface area contributed by atoms with Crippen LogP contribution < -0.4 is 5.73 Å². The molecule has 0 bridgehead atoms. The van der Waals surface area contributed by atoms with Crippen molar-refractivity contribution in [3.8, 4) is 11.3 Å². The van der Waals surface area contributed by atoms with E-state index in [1.54, 1.807) is 31.5 Å². The van der Waals surface area contributed by atoms with Crippen LogP contribution in [-0.2, 0) is 6.42 Å². The molecule has 1 fully saturated rings. The average molecular weight is 452 g/mol. The number of rotatable bonds is 5. The number of halogens is 2. The van der Waals surface area contributed by atoms with Gasteiger partial charge in [0, 0.05) is 24.9 Å². The van der Waals surface area contributed by atoms with Crippen molar-refractivity contribution in [2.75, 3.05) is 0 Å². The molecule has 0 spiro atoms. The summed E-state index contributed by atoms with van der Waals surface area (Å²) in [6, 6.07) is 8.73. The quantitative estimate of drug-likeness (QED) is 0.563. The molecule has 1 aromatic carbocycles. The molecule has 5 nitrogen and oxygen atoms in total. The number of aryl methyl sites for hydroxylation is 1. The molecule has 0 unspecified atom stereocenters. The van der Waals surface area contributed by atoms with Crippen LogP contribution in [0, 0.1) is 24.5 Å². The van der Waals surface area contributed by atoms with E-state index in [0.717, 1.165) is 17.5 Å². The third-order valence-electron chi connectivity index (χ3n) is 6.54. The third-order valence-corrected chi connectivity index (χ3v) is 6.54. The molecular weight excluding hydrogens is 424 g/mol. The van der Waals surface area contributed by atoms with E-state index in [1.165, 1.54) is 18.2 Å². The number of pyridine rings is 2. The Kier molecular flexibility index (Phi) is 6.63. The van der Waals surface area contributed by atoms with Crippen molar-refractivity contribution >= 4 is 5.78 Å². The van der Waals surface area contributed by atoms with Crippen molar-refractivity contribution in [1.29, 1.82) is 0 Å². The summed E-state index contributed by atoms with van der Waals surface area (Å²) in [5, 5.41) is 10.2. The summed E-state index contributed by atoms with van der Waals surface area (Å²) >= 11 is 0. The number of aliphatic hydroxyl groups excluding tert-OH is 1. The third kappa shape index (κ3) is 4.70. The molecule has 4 rings (SSSR count).